The van der Waals surface area contributed by atoms with Gasteiger partial charge in [-0.15, -0.1) is 11.3 Å². The van der Waals surface area contributed by atoms with Crippen LogP contribution < -0.4 is 0 Å². The Morgan fingerprint density at radius 3 is 2.19 bits per heavy atom. The molecular formula is C33H24N2S. The van der Waals surface area contributed by atoms with Crippen molar-refractivity contribution in [2.45, 2.75) is 26.2 Å². The van der Waals surface area contributed by atoms with E-state index in [9.17, 15) is 0 Å². The van der Waals surface area contributed by atoms with Crippen LogP contribution in [0, 0.1) is 0 Å². The fraction of sp³-hybridized carbons (Fsp3) is 0.121. The monoisotopic (exact) mass is 480 g/mol. The summed E-state index contributed by atoms with van der Waals surface area (Å²) < 4.78 is 5.20. The van der Waals surface area contributed by atoms with Crippen molar-refractivity contribution in [1.29, 1.82) is 0 Å². The normalized spacial score (nSPS) is 12.9. The van der Waals surface area contributed by atoms with Gasteiger partial charge < -0.3 is 4.40 Å². The largest absolute Gasteiger partial charge is 0.308 e. The molecule has 0 aliphatic heterocycles. The maximum atomic E-state index is 4.62. The van der Waals surface area contributed by atoms with Gasteiger partial charge in [0, 0.05) is 53.5 Å². The molecule has 4 aromatic carbocycles. The van der Waals surface area contributed by atoms with E-state index in [1.54, 1.807) is 0 Å². The van der Waals surface area contributed by atoms with Gasteiger partial charge >= 0.3 is 0 Å². The molecule has 0 fully saturated rings. The van der Waals surface area contributed by atoms with Crippen molar-refractivity contribution in [3.63, 3.8) is 0 Å². The second-order valence-electron chi connectivity index (χ2n) is 10.9. The number of pyridine rings is 1. The van der Waals surface area contributed by atoms with E-state index in [1.165, 1.54) is 63.8 Å². The number of nitrogens with zero attached hydrogens (tertiary/aromatic N) is 2. The van der Waals surface area contributed by atoms with E-state index in [1.807, 2.05) is 23.6 Å². The molecule has 0 bridgehead atoms. The lowest BCUT2D eigenvalue weighted by Crippen LogP contribution is -2.10. The zero-order valence-electron chi connectivity index (χ0n) is 20.5. The molecule has 36 heavy (non-hydrogen) atoms. The van der Waals surface area contributed by atoms with E-state index in [4.69, 9.17) is 0 Å². The molecule has 0 saturated heterocycles. The number of fused-ring (bicyclic) bond motifs is 9. The average molecular weight is 481 g/mol. The van der Waals surface area contributed by atoms with Gasteiger partial charge in [0.1, 0.15) is 0 Å². The van der Waals surface area contributed by atoms with Crippen LogP contribution in [0.1, 0.15) is 26.3 Å². The molecule has 0 aliphatic carbocycles. The first-order valence-electron chi connectivity index (χ1n) is 12.5. The van der Waals surface area contributed by atoms with Gasteiger partial charge in [-0.1, -0.05) is 51.1 Å². The van der Waals surface area contributed by atoms with E-state index in [0.29, 0.717) is 0 Å². The first-order chi connectivity index (χ1) is 17.5. The van der Waals surface area contributed by atoms with Crippen LogP contribution in [-0.2, 0) is 5.41 Å². The lowest BCUT2D eigenvalue weighted by atomic mass is 9.85. The third-order valence-corrected chi connectivity index (χ3v) is 8.85. The molecule has 0 spiro atoms. The minimum atomic E-state index is 0.0577. The van der Waals surface area contributed by atoms with Crippen molar-refractivity contribution in [3.05, 3.63) is 96.7 Å². The number of hydrogen-bond acceptors (Lipinski definition) is 2. The molecule has 0 amide bonds. The quantitative estimate of drug-likeness (QED) is 0.229. The Morgan fingerprint density at radius 1 is 0.639 bits per heavy atom. The molecule has 2 nitrogen and oxygen atoms in total. The lowest BCUT2D eigenvalue weighted by Gasteiger charge is -2.19. The predicted octanol–water partition coefficient (Wildman–Crippen LogP) is 9.56. The van der Waals surface area contributed by atoms with Crippen LogP contribution in [0.15, 0.2) is 91.1 Å². The van der Waals surface area contributed by atoms with Crippen LogP contribution in [0.25, 0.3) is 69.5 Å². The summed E-state index contributed by atoms with van der Waals surface area (Å²) in [6.45, 7) is 6.93. The van der Waals surface area contributed by atoms with E-state index < -0.39 is 0 Å². The minimum Gasteiger partial charge on any atom is -0.308 e. The molecule has 0 unspecified atom stereocenters. The number of rotatable bonds is 1. The van der Waals surface area contributed by atoms with E-state index in [-0.39, 0.29) is 5.41 Å². The molecular weight excluding hydrogens is 456 g/mol. The third kappa shape index (κ3) is 2.64. The summed E-state index contributed by atoms with van der Waals surface area (Å²) in [5, 5.41) is 8.00. The second kappa shape index (κ2) is 6.83. The summed E-state index contributed by atoms with van der Waals surface area (Å²) in [6.07, 6.45) is 1.87. The smallest absolute Gasteiger partial charge is 0.0702 e. The molecule has 3 heteroatoms. The zero-order chi connectivity index (χ0) is 24.2. The number of aromatic nitrogens is 2. The summed E-state index contributed by atoms with van der Waals surface area (Å²) in [4.78, 5) is 4.62. The standard InChI is InChI=1S/C33H24N2S/c1-33(2,3)20-15-25-22-14-19(27-9-6-7-13-34-27)11-12-28(22)35-29-17-24-21-8-4-5-10-30(21)36-31(24)18-23(29)26(16-20)32(25)35/h4-18H,1-3H3. The molecule has 0 N–H and O–H groups in total. The Bertz CT molecular complexity index is 2120. The van der Waals surface area contributed by atoms with Crippen molar-refractivity contribution >= 4 is 69.6 Å². The summed E-state index contributed by atoms with van der Waals surface area (Å²) in [6, 6.07) is 31.4. The molecule has 8 aromatic rings. The molecule has 4 heterocycles. The highest BCUT2D eigenvalue weighted by Crippen LogP contribution is 2.45. The molecule has 0 radical (unpaired) electrons. The fourth-order valence-electron chi connectivity index (χ4n) is 5.89. The highest BCUT2D eigenvalue weighted by molar-refractivity contribution is 7.25. The van der Waals surface area contributed by atoms with E-state index in [2.05, 4.69) is 109 Å². The van der Waals surface area contributed by atoms with Gasteiger partial charge in [0.2, 0.25) is 0 Å². The van der Waals surface area contributed by atoms with Crippen LogP contribution in [0.5, 0.6) is 0 Å². The van der Waals surface area contributed by atoms with Crippen molar-refractivity contribution in [1.82, 2.24) is 9.38 Å². The number of hydrogen-bond donors (Lipinski definition) is 0. The molecule has 0 atom stereocenters. The van der Waals surface area contributed by atoms with Crippen molar-refractivity contribution in [2.24, 2.45) is 0 Å². The minimum absolute atomic E-state index is 0.0577. The zero-order valence-corrected chi connectivity index (χ0v) is 21.3. The number of benzene rings is 4. The van der Waals surface area contributed by atoms with Crippen LogP contribution in [0.3, 0.4) is 0 Å². The van der Waals surface area contributed by atoms with Crippen molar-refractivity contribution < 1.29 is 0 Å². The number of thiophene rings is 1. The maximum Gasteiger partial charge on any atom is 0.0702 e. The Balaban J connectivity index is 1.58. The average Bonchev–Trinajstić information content (AvgIpc) is 3.52. The van der Waals surface area contributed by atoms with Gasteiger partial charge in [-0.3, -0.25) is 4.98 Å². The predicted molar refractivity (Wildman–Crippen MR) is 156 cm³/mol. The molecule has 172 valence electrons. The Morgan fingerprint density at radius 2 is 1.42 bits per heavy atom. The first kappa shape index (κ1) is 20.3. The fourth-order valence-corrected chi connectivity index (χ4v) is 7.02. The van der Waals surface area contributed by atoms with Crippen LogP contribution >= 0.6 is 11.3 Å². The van der Waals surface area contributed by atoms with Gasteiger partial charge in [0.15, 0.2) is 0 Å². The highest BCUT2D eigenvalue weighted by atomic mass is 32.1. The van der Waals surface area contributed by atoms with Gasteiger partial charge in [0.25, 0.3) is 0 Å². The SMILES string of the molecule is CC(C)(C)c1cc2c3cc(-c4ccccn4)ccc3n3c4cc5c(cc4c(c1)c23)sc1ccccc15. The van der Waals surface area contributed by atoms with Crippen LogP contribution in [0.4, 0.5) is 0 Å². The summed E-state index contributed by atoms with van der Waals surface area (Å²) >= 11 is 1.90. The first-order valence-corrected chi connectivity index (χ1v) is 13.3. The highest BCUT2D eigenvalue weighted by Gasteiger charge is 2.23. The van der Waals surface area contributed by atoms with E-state index >= 15 is 0 Å². The molecule has 0 aliphatic rings. The third-order valence-electron chi connectivity index (χ3n) is 7.71. The Labute approximate surface area is 212 Å². The summed E-state index contributed by atoms with van der Waals surface area (Å²) in [5.41, 5.74) is 7.47. The molecule has 4 aromatic heterocycles. The van der Waals surface area contributed by atoms with Crippen LogP contribution in [-0.4, -0.2) is 9.38 Å². The van der Waals surface area contributed by atoms with E-state index in [0.717, 1.165) is 11.3 Å². The molecule has 0 saturated carbocycles. The second-order valence-corrected chi connectivity index (χ2v) is 12.0. The van der Waals surface area contributed by atoms with Gasteiger partial charge in [-0.25, -0.2) is 0 Å². The maximum absolute atomic E-state index is 4.62. The lowest BCUT2D eigenvalue weighted by molar-refractivity contribution is 0.592. The van der Waals surface area contributed by atoms with Gasteiger partial charge in [-0.2, -0.15) is 0 Å². The van der Waals surface area contributed by atoms with Crippen molar-refractivity contribution in [3.8, 4) is 11.3 Å². The summed E-state index contributed by atoms with van der Waals surface area (Å²) in [7, 11) is 0. The van der Waals surface area contributed by atoms with Crippen molar-refractivity contribution in [2.75, 3.05) is 0 Å². The topological polar surface area (TPSA) is 17.3 Å². The van der Waals surface area contributed by atoms with Gasteiger partial charge in [-0.05, 0) is 65.6 Å². The van der Waals surface area contributed by atoms with Gasteiger partial charge in [0.05, 0.1) is 22.2 Å². The van der Waals surface area contributed by atoms with Crippen LogP contribution in [0.2, 0.25) is 0 Å². The Kier molecular flexibility index (Phi) is 3.85. The summed E-state index contributed by atoms with van der Waals surface area (Å²) in [5.74, 6) is 0. The Hall–Kier alpha value is -3.95. The molecule has 8 rings (SSSR count).